The second kappa shape index (κ2) is 4.98. The van der Waals surface area contributed by atoms with Crippen LogP contribution in [0.15, 0.2) is 42.5 Å². The Balaban J connectivity index is 2.02. The Labute approximate surface area is 103 Å². The predicted molar refractivity (Wildman–Crippen MR) is 62.9 cm³/mol. The summed E-state index contributed by atoms with van der Waals surface area (Å²) in [6, 6.07) is 4.22. The molecule has 0 aliphatic heterocycles. The number of alkyl halides is 1. The van der Waals surface area contributed by atoms with Gasteiger partial charge >= 0.3 is 0 Å². The summed E-state index contributed by atoms with van der Waals surface area (Å²) in [7, 11) is 0. The molecule has 0 aromatic heterocycles. The highest BCUT2D eigenvalue weighted by atomic mass is 35.5. The molecule has 0 radical (unpaired) electrons. The van der Waals surface area contributed by atoms with Crippen LogP contribution in [0.25, 0.3) is 0 Å². The molecule has 1 unspecified atom stereocenters. The molecular weight excluding hydrogens is 246 g/mol. The molecule has 0 fully saturated rings. The van der Waals surface area contributed by atoms with Crippen molar-refractivity contribution in [1.82, 2.24) is 0 Å². The van der Waals surface area contributed by atoms with Crippen molar-refractivity contribution in [3.05, 3.63) is 58.9 Å². The first-order valence-corrected chi connectivity index (χ1v) is 5.58. The summed E-state index contributed by atoms with van der Waals surface area (Å²) in [4.78, 5) is 0. The minimum atomic E-state index is -1.85. The molecular formula is C13H11ClF2O. The third-order valence-electron chi connectivity index (χ3n) is 2.47. The zero-order valence-electron chi connectivity index (χ0n) is 9.00. The fraction of sp³-hybridized carbons (Fsp3) is 0.231. The maximum Gasteiger partial charge on any atom is 0.232 e. The molecule has 0 bridgehead atoms. The first-order valence-electron chi connectivity index (χ1n) is 5.20. The summed E-state index contributed by atoms with van der Waals surface area (Å²) < 4.78 is 32.5. The molecule has 2 rings (SSSR count). The van der Waals surface area contributed by atoms with Crippen LogP contribution in [0.5, 0.6) is 0 Å². The molecule has 0 amide bonds. The molecule has 0 N–H and O–H groups in total. The predicted octanol–water partition coefficient (Wildman–Crippen LogP) is 4.18. The molecule has 0 spiro atoms. The number of ether oxygens (including phenoxy) is 1. The first-order chi connectivity index (χ1) is 8.09. The molecule has 1 aromatic rings. The molecule has 17 heavy (non-hydrogen) atoms. The van der Waals surface area contributed by atoms with E-state index in [1.807, 2.05) is 0 Å². The van der Waals surface area contributed by atoms with Gasteiger partial charge in [-0.3, -0.25) is 0 Å². The van der Waals surface area contributed by atoms with E-state index < -0.39 is 11.7 Å². The number of allylic oxidation sites excluding steroid dienone is 2. The Bertz CT molecular complexity index is 470. The molecule has 0 saturated carbocycles. The molecule has 90 valence electrons. The molecule has 0 saturated heterocycles. The molecule has 1 aliphatic rings. The van der Waals surface area contributed by atoms with Gasteiger partial charge in [-0.15, -0.1) is 0 Å². The minimum Gasteiger partial charge on any atom is -0.337 e. The van der Waals surface area contributed by atoms with Crippen molar-refractivity contribution in [3.63, 3.8) is 0 Å². The summed E-state index contributed by atoms with van der Waals surface area (Å²) in [5.74, 6) is -2.34. The van der Waals surface area contributed by atoms with Gasteiger partial charge in [0.05, 0.1) is 6.61 Å². The second-order valence-electron chi connectivity index (χ2n) is 3.80. The third kappa shape index (κ3) is 3.14. The monoisotopic (exact) mass is 256 g/mol. The molecule has 1 aromatic carbocycles. The number of hydrogen-bond acceptors (Lipinski definition) is 1. The second-order valence-corrected chi connectivity index (χ2v) is 4.24. The van der Waals surface area contributed by atoms with Crippen LogP contribution in [0.3, 0.4) is 0 Å². The first kappa shape index (κ1) is 12.3. The van der Waals surface area contributed by atoms with Crippen LogP contribution in [-0.2, 0) is 11.3 Å². The van der Waals surface area contributed by atoms with E-state index in [0.29, 0.717) is 5.02 Å². The molecule has 0 heterocycles. The number of benzene rings is 1. The van der Waals surface area contributed by atoms with Crippen LogP contribution in [0, 0.1) is 5.82 Å². The van der Waals surface area contributed by atoms with Gasteiger partial charge in [0.15, 0.2) is 0 Å². The van der Waals surface area contributed by atoms with Crippen LogP contribution in [0.1, 0.15) is 12.0 Å². The van der Waals surface area contributed by atoms with Gasteiger partial charge in [-0.2, -0.15) is 0 Å². The molecule has 1 atom stereocenters. The smallest absolute Gasteiger partial charge is 0.232 e. The van der Waals surface area contributed by atoms with Crippen LogP contribution in [0.4, 0.5) is 8.78 Å². The highest BCUT2D eigenvalue weighted by Crippen LogP contribution is 2.26. The van der Waals surface area contributed by atoms with Crippen molar-refractivity contribution in [2.45, 2.75) is 18.9 Å². The van der Waals surface area contributed by atoms with Crippen molar-refractivity contribution in [2.75, 3.05) is 0 Å². The summed E-state index contributed by atoms with van der Waals surface area (Å²) in [6.45, 7) is -0.127. The normalized spacial score (nSPS) is 23.0. The van der Waals surface area contributed by atoms with E-state index in [1.54, 1.807) is 24.3 Å². The van der Waals surface area contributed by atoms with Gasteiger partial charge in [0, 0.05) is 17.0 Å². The lowest BCUT2D eigenvalue weighted by Crippen LogP contribution is -2.24. The average molecular weight is 257 g/mol. The van der Waals surface area contributed by atoms with Crippen molar-refractivity contribution in [2.24, 2.45) is 0 Å². The Hall–Kier alpha value is -1.19. The quantitative estimate of drug-likeness (QED) is 0.788. The van der Waals surface area contributed by atoms with Gasteiger partial charge in [0.25, 0.3) is 0 Å². The van der Waals surface area contributed by atoms with Crippen molar-refractivity contribution < 1.29 is 13.5 Å². The van der Waals surface area contributed by atoms with Crippen LogP contribution >= 0.6 is 11.6 Å². The Morgan fingerprint density at radius 2 is 2.18 bits per heavy atom. The Morgan fingerprint density at radius 1 is 1.35 bits per heavy atom. The fourth-order valence-electron chi connectivity index (χ4n) is 1.52. The van der Waals surface area contributed by atoms with E-state index in [-0.39, 0.29) is 18.6 Å². The summed E-state index contributed by atoms with van der Waals surface area (Å²) in [6.07, 6.45) is 6.43. The van der Waals surface area contributed by atoms with Crippen molar-refractivity contribution in [1.29, 1.82) is 0 Å². The largest absolute Gasteiger partial charge is 0.337 e. The van der Waals surface area contributed by atoms with Gasteiger partial charge in [-0.25, -0.2) is 8.78 Å². The highest BCUT2D eigenvalue weighted by molar-refractivity contribution is 6.30. The molecule has 1 nitrogen and oxygen atoms in total. The summed E-state index contributed by atoms with van der Waals surface area (Å²) in [5.41, 5.74) is 0.286. The maximum atomic E-state index is 14.0. The lowest BCUT2D eigenvalue weighted by molar-refractivity contribution is -0.115. The Kier molecular flexibility index (Phi) is 3.60. The third-order valence-corrected chi connectivity index (χ3v) is 2.71. The van der Waals surface area contributed by atoms with Crippen molar-refractivity contribution >= 4 is 11.6 Å². The van der Waals surface area contributed by atoms with Gasteiger partial charge < -0.3 is 4.74 Å². The number of halogens is 3. The summed E-state index contributed by atoms with van der Waals surface area (Å²) in [5, 5.41) is 0.307. The maximum absolute atomic E-state index is 14.0. The van der Waals surface area contributed by atoms with Crippen LogP contribution in [-0.4, -0.2) is 5.85 Å². The summed E-state index contributed by atoms with van der Waals surface area (Å²) >= 11 is 5.62. The van der Waals surface area contributed by atoms with Gasteiger partial charge in [0.1, 0.15) is 5.82 Å². The van der Waals surface area contributed by atoms with E-state index in [1.165, 1.54) is 18.2 Å². The number of hydrogen-bond donors (Lipinski definition) is 0. The molecule has 4 heteroatoms. The molecule has 1 aliphatic carbocycles. The van der Waals surface area contributed by atoms with Crippen molar-refractivity contribution in [3.8, 4) is 0 Å². The standard InChI is InChI=1S/C13H11ClF2O/c14-11-5-4-10(12(15)8-11)9-17-13(16)6-2-1-3-7-13/h1-6,8H,7,9H2. The fourth-order valence-corrected chi connectivity index (χ4v) is 1.68. The Morgan fingerprint density at radius 3 is 2.82 bits per heavy atom. The van der Waals surface area contributed by atoms with E-state index in [0.717, 1.165) is 0 Å². The zero-order valence-corrected chi connectivity index (χ0v) is 9.75. The van der Waals surface area contributed by atoms with E-state index in [4.69, 9.17) is 16.3 Å². The lowest BCUT2D eigenvalue weighted by Gasteiger charge is -2.22. The van der Waals surface area contributed by atoms with Gasteiger partial charge in [-0.1, -0.05) is 35.9 Å². The van der Waals surface area contributed by atoms with E-state index >= 15 is 0 Å². The zero-order chi connectivity index (χ0) is 12.3. The van der Waals surface area contributed by atoms with Crippen LogP contribution in [0.2, 0.25) is 5.02 Å². The topological polar surface area (TPSA) is 9.23 Å². The highest BCUT2D eigenvalue weighted by Gasteiger charge is 2.27. The lowest BCUT2D eigenvalue weighted by atomic mass is 10.1. The van der Waals surface area contributed by atoms with Gasteiger partial charge in [-0.05, 0) is 18.2 Å². The minimum absolute atomic E-state index is 0.127. The SMILES string of the molecule is Fc1cc(Cl)ccc1COC1(F)C=CC=CC1. The van der Waals surface area contributed by atoms with Gasteiger partial charge in [0.2, 0.25) is 5.85 Å². The van der Waals surface area contributed by atoms with E-state index in [9.17, 15) is 8.78 Å². The number of rotatable bonds is 3. The van der Waals surface area contributed by atoms with Crippen LogP contribution < -0.4 is 0 Å². The average Bonchev–Trinajstić information content (AvgIpc) is 2.29. The van der Waals surface area contributed by atoms with E-state index in [2.05, 4.69) is 0 Å².